The summed E-state index contributed by atoms with van der Waals surface area (Å²) in [5.74, 6) is 0.125. The fraction of sp³-hybridized carbons (Fsp3) is 0.692. The van der Waals surface area contributed by atoms with E-state index in [1.165, 1.54) is 18.5 Å². The molecule has 0 unspecified atom stereocenters. The van der Waals surface area contributed by atoms with Crippen LogP contribution >= 0.6 is 0 Å². The van der Waals surface area contributed by atoms with Gasteiger partial charge in [-0.05, 0) is 19.3 Å². The smallest absolute Gasteiger partial charge is 0.221 e. The molecular formula is C13H22N4O. The van der Waals surface area contributed by atoms with Crippen molar-refractivity contribution in [3.05, 3.63) is 18.2 Å². The Morgan fingerprint density at radius 1 is 1.50 bits per heavy atom. The van der Waals surface area contributed by atoms with Crippen LogP contribution in [0.4, 0.5) is 0 Å². The van der Waals surface area contributed by atoms with Gasteiger partial charge in [0, 0.05) is 38.3 Å². The molecule has 2 N–H and O–H groups in total. The Morgan fingerprint density at radius 2 is 2.33 bits per heavy atom. The van der Waals surface area contributed by atoms with Gasteiger partial charge in [0.05, 0.1) is 12.0 Å². The van der Waals surface area contributed by atoms with Gasteiger partial charge in [0.25, 0.3) is 0 Å². The lowest BCUT2D eigenvalue weighted by Gasteiger charge is -2.08. The van der Waals surface area contributed by atoms with E-state index < -0.39 is 0 Å². The minimum atomic E-state index is 0.125. The fourth-order valence-electron chi connectivity index (χ4n) is 1.92. The van der Waals surface area contributed by atoms with Crippen molar-refractivity contribution in [1.29, 1.82) is 0 Å². The molecular weight excluding hydrogens is 228 g/mol. The van der Waals surface area contributed by atoms with Crippen molar-refractivity contribution < 1.29 is 4.79 Å². The van der Waals surface area contributed by atoms with Crippen LogP contribution in [0.2, 0.25) is 0 Å². The minimum Gasteiger partial charge on any atom is -0.356 e. The minimum absolute atomic E-state index is 0.125. The zero-order valence-electron chi connectivity index (χ0n) is 11.0. The lowest BCUT2D eigenvalue weighted by molar-refractivity contribution is -0.120. The summed E-state index contributed by atoms with van der Waals surface area (Å²) in [6.07, 6.45) is 7.87. The van der Waals surface area contributed by atoms with Gasteiger partial charge < -0.3 is 15.2 Å². The second-order valence-electron chi connectivity index (χ2n) is 4.80. The van der Waals surface area contributed by atoms with Crippen molar-refractivity contribution in [2.45, 2.75) is 45.2 Å². The number of aromatic nitrogens is 2. The van der Waals surface area contributed by atoms with E-state index in [2.05, 4.69) is 27.1 Å². The Hall–Kier alpha value is -1.36. The molecule has 1 aromatic heterocycles. The third-order valence-electron chi connectivity index (χ3n) is 3.09. The van der Waals surface area contributed by atoms with Crippen LogP contribution in [0.5, 0.6) is 0 Å². The topological polar surface area (TPSA) is 59.0 Å². The monoisotopic (exact) mass is 250 g/mol. The van der Waals surface area contributed by atoms with Crippen LogP contribution in [0, 0.1) is 0 Å². The molecule has 1 aromatic rings. The van der Waals surface area contributed by atoms with Gasteiger partial charge in [0.1, 0.15) is 0 Å². The zero-order valence-corrected chi connectivity index (χ0v) is 11.0. The summed E-state index contributed by atoms with van der Waals surface area (Å²) in [5.41, 5.74) is 1.21. The SMILES string of the molecule is CCCNC(=O)CCNCc1cncn1C1CC1. The number of carbonyl (C=O) groups excluding carboxylic acids is 1. The molecule has 100 valence electrons. The van der Waals surface area contributed by atoms with Gasteiger partial charge in [-0.2, -0.15) is 0 Å². The first-order chi connectivity index (χ1) is 8.81. The largest absolute Gasteiger partial charge is 0.356 e. The average molecular weight is 250 g/mol. The zero-order chi connectivity index (χ0) is 12.8. The molecule has 1 saturated carbocycles. The van der Waals surface area contributed by atoms with Gasteiger partial charge in [-0.3, -0.25) is 4.79 Å². The van der Waals surface area contributed by atoms with E-state index in [4.69, 9.17) is 0 Å². The second-order valence-corrected chi connectivity index (χ2v) is 4.80. The van der Waals surface area contributed by atoms with Gasteiger partial charge in [-0.15, -0.1) is 0 Å². The van der Waals surface area contributed by atoms with Gasteiger partial charge in [-0.1, -0.05) is 6.92 Å². The van der Waals surface area contributed by atoms with Crippen LogP contribution in [0.15, 0.2) is 12.5 Å². The molecule has 1 amide bonds. The van der Waals surface area contributed by atoms with Crippen molar-refractivity contribution in [3.63, 3.8) is 0 Å². The lowest BCUT2D eigenvalue weighted by Crippen LogP contribution is -2.28. The van der Waals surface area contributed by atoms with Crippen molar-refractivity contribution in [3.8, 4) is 0 Å². The van der Waals surface area contributed by atoms with Crippen molar-refractivity contribution >= 4 is 5.91 Å². The number of nitrogens with one attached hydrogen (secondary N) is 2. The van der Waals surface area contributed by atoms with E-state index >= 15 is 0 Å². The van der Waals surface area contributed by atoms with Gasteiger partial charge in [-0.25, -0.2) is 4.98 Å². The molecule has 0 spiro atoms. The van der Waals surface area contributed by atoms with E-state index in [0.717, 1.165) is 19.5 Å². The molecule has 0 aliphatic heterocycles. The van der Waals surface area contributed by atoms with Crippen LogP contribution in [0.3, 0.4) is 0 Å². The first-order valence-corrected chi connectivity index (χ1v) is 6.79. The van der Waals surface area contributed by atoms with Crippen LogP contribution in [0.1, 0.15) is 44.3 Å². The Morgan fingerprint density at radius 3 is 3.06 bits per heavy atom. The third-order valence-corrected chi connectivity index (χ3v) is 3.09. The number of nitrogens with zero attached hydrogens (tertiary/aromatic N) is 2. The summed E-state index contributed by atoms with van der Waals surface area (Å²) in [5, 5.41) is 6.17. The summed E-state index contributed by atoms with van der Waals surface area (Å²) in [7, 11) is 0. The molecule has 5 nitrogen and oxygen atoms in total. The van der Waals surface area contributed by atoms with E-state index in [1.807, 2.05) is 12.5 Å². The van der Waals surface area contributed by atoms with Crippen molar-refractivity contribution in [2.24, 2.45) is 0 Å². The highest BCUT2D eigenvalue weighted by Gasteiger charge is 2.24. The highest BCUT2D eigenvalue weighted by molar-refractivity contribution is 5.75. The highest BCUT2D eigenvalue weighted by Crippen LogP contribution is 2.35. The predicted octanol–water partition coefficient (Wildman–Crippen LogP) is 1.22. The molecule has 0 radical (unpaired) electrons. The van der Waals surface area contributed by atoms with Crippen molar-refractivity contribution in [2.75, 3.05) is 13.1 Å². The Kier molecular flexibility index (Phi) is 4.75. The molecule has 0 atom stereocenters. The number of hydrogen-bond acceptors (Lipinski definition) is 3. The summed E-state index contributed by atoms with van der Waals surface area (Å²) >= 11 is 0. The molecule has 1 heterocycles. The van der Waals surface area contributed by atoms with Crippen LogP contribution in [-0.2, 0) is 11.3 Å². The number of carbonyl (C=O) groups is 1. The van der Waals surface area contributed by atoms with Gasteiger partial charge >= 0.3 is 0 Å². The molecule has 0 bridgehead atoms. The van der Waals surface area contributed by atoms with Crippen LogP contribution in [0.25, 0.3) is 0 Å². The Labute approximate surface area is 108 Å². The maximum atomic E-state index is 11.4. The maximum Gasteiger partial charge on any atom is 0.221 e. The van der Waals surface area contributed by atoms with E-state index in [0.29, 0.717) is 19.0 Å². The Bertz CT molecular complexity index is 384. The van der Waals surface area contributed by atoms with E-state index in [1.54, 1.807) is 0 Å². The van der Waals surface area contributed by atoms with Gasteiger partial charge in [0.2, 0.25) is 5.91 Å². The van der Waals surface area contributed by atoms with Gasteiger partial charge in [0.15, 0.2) is 0 Å². The number of rotatable bonds is 8. The first kappa shape index (κ1) is 13.1. The number of hydrogen-bond donors (Lipinski definition) is 2. The molecule has 1 aliphatic rings. The molecule has 18 heavy (non-hydrogen) atoms. The number of imidazole rings is 1. The molecule has 0 aromatic carbocycles. The lowest BCUT2D eigenvalue weighted by atomic mass is 10.3. The number of amides is 1. The fourth-order valence-corrected chi connectivity index (χ4v) is 1.92. The van der Waals surface area contributed by atoms with Crippen LogP contribution in [-0.4, -0.2) is 28.5 Å². The molecule has 5 heteroatoms. The second kappa shape index (κ2) is 6.54. The molecule has 1 aliphatic carbocycles. The highest BCUT2D eigenvalue weighted by atomic mass is 16.1. The van der Waals surface area contributed by atoms with E-state index in [9.17, 15) is 4.79 Å². The summed E-state index contributed by atoms with van der Waals surface area (Å²) < 4.78 is 2.24. The average Bonchev–Trinajstić information content (AvgIpc) is 3.12. The molecule has 0 saturated heterocycles. The first-order valence-electron chi connectivity index (χ1n) is 6.79. The van der Waals surface area contributed by atoms with Crippen molar-refractivity contribution in [1.82, 2.24) is 20.2 Å². The normalized spacial score (nSPS) is 14.7. The van der Waals surface area contributed by atoms with E-state index in [-0.39, 0.29) is 5.91 Å². The molecule has 1 fully saturated rings. The summed E-state index contributed by atoms with van der Waals surface area (Å²) in [6.45, 7) is 4.33. The Balaban J connectivity index is 1.63. The summed E-state index contributed by atoms with van der Waals surface area (Å²) in [4.78, 5) is 15.6. The third kappa shape index (κ3) is 3.84. The predicted molar refractivity (Wildman–Crippen MR) is 70.1 cm³/mol. The van der Waals surface area contributed by atoms with Crippen LogP contribution < -0.4 is 10.6 Å². The summed E-state index contributed by atoms with van der Waals surface area (Å²) in [6, 6.07) is 0.664. The molecule has 2 rings (SSSR count). The maximum absolute atomic E-state index is 11.4. The quantitative estimate of drug-likeness (QED) is 0.682. The standard InChI is InChI=1S/C13H22N4O/c1-2-6-16-13(18)5-7-14-8-12-9-15-10-17(12)11-3-4-11/h9-11,14H,2-8H2,1H3,(H,16,18).